The maximum Gasteiger partial charge on any atom is 0.337 e. The van der Waals surface area contributed by atoms with Crippen molar-refractivity contribution in [2.24, 2.45) is 0 Å². The Morgan fingerprint density at radius 3 is 2.68 bits per heavy atom. The number of carbonyl (C=O) groups excluding carboxylic acids is 3. The molecule has 25 heavy (non-hydrogen) atoms. The summed E-state index contributed by atoms with van der Waals surface area (Å²) in [6, 6.07) is 6.63. The molecule has 0 saturated carbocycles. The fourth-order valence-electron chi connectivity index (χ4n) is 2.53. The number of hydrogen-bond donors (Lipinski definition) is 3. The lowest BCUT2D eigenvalue weighted by atomic mass is 10.1. The van der Waals surface area contributed by atoms with Crippen molar-refractivity contribution in [3.05, 3.63) is 29.8 Å². The van der Waals surface area contributed by atoms with Crippen LogP contribution in [0.2, 0.25) is 0 Å². The van der Waals surface area contributed by atoms with Gasteiger partial charge in [-0.15, -0.1) is 11.8 Å². The van der Waals surface area contributed by atoms with Crippen LogP contribution in [-0.2, 0) is 14.3 Å². The Bertz CT molecular complexity index is 621. The van der Waals surface area contributed by atoms with Crippen molar-refractivity contribution < 1.29 is 19.1 Å². The second kappa shape index (κ2) is 9.43. The number of benzene rings is 1. The first-order valence-corrected chi connectivity index (χ1v) is 9.22. The number of rotatable bonds is 7. The quantitative estimate of drug-likeness (QED) is 0.637. The number of esters is 1. The maximum absolute atomic E-state index is 12.1. The SMILES string of the molecule is CCCC1CC(=O)NC(SCC(=O)Nc2ccc(C(=O)OC)cc2)N1. The molecule has 2 rings (SSSR count). The van der Waals surface area contributed by atoms with Crippen LogP contribution >= 0.6 is 11.8 Å². The second-order valence-corrected chi connectivity index (χ2v) is 6.83. The molecular weight excluding hydrogens is 342 g/mol. The first kappa shape index (κ1) is 19.3. The molecule has 1 aromatic rings. The fraction of sp³-hybridized carbons (Fsp3) is 0.471. The third kappa shape index (κ3) is 6.06. The van der Waals surface area contributed by atoms with Crippen LogP contribution in [0.15, 0.2) is 24.3 Å². The van der Waals surface area contributed by atoms with Crippen LogP contribution in [-0.4, -0.2) is 42.2 Å². The third-order valence-corrected chi connectivity index (χ3v) is 4.74. The lowest BCUT2D eigenvalue weighted by molar-refractivity contribution is -0.123. The maximum atomic E-state index is 12.1. The highest BCUT2D eigenvalue weighted by molar-refractivity contribution is 8.00. The molecule has 0 aliphatic carbocycles. The summed E-state index contributed by atoms with van der Waals surface area (Å²) in [5.41, 5.74) is 0.763. The monoisotopic (exact) mass is 365 g/mol. The average molecular weight is 365 g/mol. The van der Waals surface area contributed by atoms with Gasteiger partial charge >= 0.3 is 5.97 Å². The lowest BCUT2D eigenvalue weighted by Crippen LogP contribution is -2.54. The largest absolute Gasteiger partial charge is 0.465 e. The molecule has 136 valence electrons. The van der Waals surface area contributed by atoms with Gasteiger partial charge in [-0.3, -0.25) is 14.9 Å². The zero-order chi connectivity index (χ0) is 18.2. The summed E-state index contributed by atoms with van der Waals surface area (Å²) in [5.74, 6) is -0.387. The Morgan fingerprint density at radius 1 is 1.32 bits per heavy atom. The molecule has 1 saturated heterocycles. The number of carbonyl (C=O) groups is 3. The first-order chi connectivity index (χ1) is 12.0. The summed E-state index contributed by atoms with van der Waals surface area (Å²) in [7, 11) is 1.32. The van der Waals surface area contributed by atoms with Crippen molar-refractivity contribution in [2.75, 3.05) is 18.2 Å². The Labute approximate surface area is 151 Å². The molecule has 1 fully saturated rings. The van der Waals surface area contributed by atoms with Gasteiger partial charge in [0.25, 0.3) is 0 Å². The van der Waals surface area contributed by atoms with Gasteiger partial charge in [0.1, 0.15) is 5.50 Å². The standard InChI is InChI=1S/C17H23N3O4S/c1-3-4-13-9-14(21)20-17(19-13)25-10-15(22)18-12-7-5-11(6-8-12)16(23)24-2/h5-8,13,17,19H,3-4,9-10H2,1-2H3,(H,18,22)(H,20,21). The first-order valence-electron chi connectivity index (χ1n) is 8.17. The van der Waals surface area contributed by atoms with Crippen LogP contribution in [0.1, 0.15) is 36.5 Å². The molecule has 0 spiro atoms. The van der Waals surface area contributed by atoms with Crippen molar-refractivity contribution in [2.45, 2.75) is 37.7 Å². The van der Waals surface area contributed by atoms with Crippen LogP contribution in [0, 0.1) is 0 Å². The number of ether oxygens (including phenoxy) is 1. The Hall–Kier alpha value is -2.06. The highest BCUT2D eigenvalue weighted by Crippen LogP contribution is 2.16. The van der Waals surface area contributed by atoms with E-state index in [-0.39, 0.29) is 29.1 Å². The van der Waals surface area contributed by atoms with Crippen molar-refractivity contribution in [1.82, 2.24) is 10.6 Å². The summed E-state index contributed by atoms with van der Waals surface area (Å²) in [5, 5.41) is 8.92. The minimum absolute atomic E-state index is 0.00788. The molecule has 2 atom stereocenters. The van der Waals surface area contributed by atoms with Gasteiger partial charge in [-0.1, -0.05) is 13.3 Å². The Morgan fingerprint density at radius 2 is 2.04 bits per heavy atom. The number of anilines is 1. The van der Waals surface area contributed by atoms with Crippen LogP contribution < -0.4 is 16.0 Å². The highest BCUT2D eigenvalue weighted by Gasteiger charge is 2.25. The highest BCUT2D eigenvalue weighted by atomic mass is 32.2. The van der Waals surface area contributed by atoms with Gasteiger partial charge in [0.15, 0.2) is 0 Å². The Kier molecular flexibility index (Phi) is 7.27. The van der Waals surface area contributed by atoms with E-state index in [4.69, 9.17) is 0 Å². The number of thioether (sulfide) groups is 1. The van der Waals surface area contributed by atoms with Crippen molar-refractivity contribution in [1.29, 1.82) is 0 Å². The van der Waals surface area contributed by atoms with E-state index in [0.717, 1.165) is 12.8 Å². The molecule has 1 aromatic carbocycles. The van der Waals surface area contributed by atoms with Crippen LogP contribution in [0.4, 0.5) is 5.69 Å². The molecule has 0 aromatic heterocycles. The van der Waals surface area contributed by atoms with E-state index in [2.05, 4.69) is 27.6 Å². The number of hydrogen-bond acceptors (Lipinski definition) is 6. The van der Waals surface area contributed by atoms with E-state index >= 15 is 0 Å². The van der Waals surface area contributed by atoms with Crippen molar-refractivity contribution in [3.8, 4) is 0 Å². The van der Waals surface area contributed by atoms with E-state index < -0.39 is 5.97 Å². The molecule has 3 N–H and O–H groups in total. The van der Waals surface area contributed by atoms with Gasteiger partial charge in [0, 0.05) is 18.2 Å². The smallest absolute Gasteiger partial charge is 0.337 e. The molecule has 1 aliphatic heterocycles. The molecule has 2 unspecified atom stereocenters. The summed E-state index contributed by atoms with van der Waals surface area (Å²) in [6.07, 6.45) is 2.41. The molecule has 7 nitrogen and oxygen atoms in total. The van der Waals surface area contributed by atoms with Gasteiger partial charge in [-0.2, -0.15) is 0 Å². The summed E-state index contributed by atoms with van der Waals surface area (Å²) in [4.78, 5) is 35.1. The van der Waals surface area contributed by atoms with E-state index in [0.29, 0.717) is 17.7 Å². The van der Waals surface area contributed by atoms with E-state index in [1.54, 1.807) is 24.3 Å². The fourth-order valence-corrected chi connectivity index (χ4v) is 3.42. The molecule has 0 bridgehead atoms. The van der Waals surface area contributed by atoms with Crippen molar-refractivity contribution >= 4 is 35.2 Å². The van der Waals surface area contributed by atoms with E-state index in [1.807, 2.05) is 0 Å². The zero-order valence-electron chi connectivity index (χ0n) is 14.3. The van der Waals surface area contributed by atoms with E-state index in [1.165, 1.54) is 18.9 Å². The van der Waals surface area contributed by atoms with Gasteiger partial charge in [-0.25, -0.2) is 4.79 Å². The van der Waals surface area contributed by atoms with Crippen molar-refractivity contribution in [3.63, 3.8) is 0 Å². The third-order valence-electron chi connectivity index (χ3n) is 3.72. The van der Waals surface area contributed by atoms with Gasteiger partial charge < -0.3 is 15.4 Å². The molecule has 8 heteroatoms. The predicted octanol–water partition coefficient (Wildman–Crippen LogP) is 1.71. The summed E-state index contributed by atoms with van der Waals surface area (Å²) < 4.78 is 4.63. The van der Waals surface area contributed by atoms with Gasteiger partial charge in [0.05, 0.1) is 18.4 Å². The molecular formula is C17H23N3O4S. The number of nitrogens with one attached hydrogen (secondary N) is 3. The second-order valence-electron chi connectivity index (χ2n) is 5.73. The Balaban J connectivity index is 1.80. The average Bonchev–Trinajstić information content (AvgIpc) is 2.60. The van der Waals surface area contributed by atoms with Crippen LogP contribution in [0.5, 0.6) is 0 Å². The lowest BCUT2D eigenvalue weighted by Gasteiger charge is -2.30. The molecule has 1 aliphatic rings. The van der Waals surface area contributed by atoms with Crippen LogP contribution in [0.3, 0.4) is 0 Å². The van der Waals surface area contributed by atoms with Gasteiger partial charge in [0.2, 0.25) is 11.8 Å². The molecule has 2 amide bonds. The molecule has 0 radical (unpaired) electrons. The van der Waals surface area contributed by atoms with E-state index in [9.17, 15) is 14.4 Å². The minimum atomic E-state index is -0.422. The minimum Gasteiger partial charge on any atom is -0.465 e. The normalized spacial score (nSPS) is 19.8. The number of methoxy groups -OCH3 is 1. The topological polar surface area (TPSA) is 96.5 Å². The zero-order valence-corrected chi connectivity index (χ0v) is 15.2. The predicted molar refractivity (Wildman–Crippen MR) is 97.2 cm³/mol. The summed E-state index contributed by atoms with van der Waals surface area (Å²) in [6.45, 7) is 2.08. The molecule has 1 heterocycles. The van der Waals surface area contributed by atoms with Crippen LogP contribution in [0.25, 0.3) is 0 Å². The van der Waals surface area contributed by atoms with Gasteiger partial charge in [-0.05, 0) is 30.7 Å². The summed E-state index contributed by atoms with van der Waals surface area (Å²) >= 11 is 1.34. The number of amides is 2.